The average Bonchev–Trinajstić information content (AvgIpc) is 3.03. The lowest BCUT2D eigenvalue weighted by molar-refractivity contribution is 0.102. The number of amides is 1. The van der Waals surface area contributed by atoms with Crippen molar-refractivity contribution in [2.45, 2.75) is 19.8 Å². The van der Waals surface area contributed by atoms with E-state index in [1.807, 2.05) is 0 Å². The third-order valence-corrected chi connectivity index (χ3v) is 5.88. The molecule has 0 aliphatic carbocycles. The minimum Gasteiger partial charge on any atom is -0.346 e. The van der Waals surface area contributed by atoms with Gasteiger partial charge in [0.15, 0.2) is 10.3 Å². The van der Waals surface area contributed by atoms with Gasteiger partial charge in [-0.3, -0.25) is 4.79 Å². The number of thiazole rings is 1. The number of aromatic nitrogens is 2. The molecule has 0 radical (unpaired) electrons. The molecule has 1 N–H and O–H groups in total. The molecule has 0 unspecified atom stereocenters. The Hall–Kier alpha value is -1.70. The van der Waals surface area contributed by atoms with Gasteiger partial charge in [0.2, 0.25) is 0 Å². The first-order valence-corrected chi connectivity index (χ1v) is 9.51. The summed E-state index contributed by atoms with van der Waals surface area (Å²) >= 11 is 7.65. The van der Waals surface area contributed by atoms with Crippen LogP contribution in [0, 0.1) is 0 Å². The van der Waals surface area contributed by atoms with Gasteiger partial charge in [0.25, 0.3) is 5.91 Å². The van der Waals surface area contributed by atoms with Crippen LogP contribution in [0.15, 0.2) is 18.3 Å². The highest BCUT2D eigenvalue weighted by Crippen LogP contribution is 2.33. The van der Waals surface area contributed by atoms with Gasteiger partial charge >= 0.3 is 0 Å². The molecular formula is C17H22ClN5OS. The lowest BCUT2D eigenvalue weighted by Crippen LogP contribution is -2.44. The molecule has 2 aromatic rings. The maximum absolute atomic E-state index is 12.8. The number of anilines is 2. The van der Waals surface area contributed by atoms with Crippen molar-refractivity contribution in [3.8, 4) is 0 Å². The van der Waals surface area contributed by atoms with Gasteiger partial charge in [-0.1, -0.05) is 25.4 Å². The van der Waals surface area contributed by atoms with Crippen molar-refractivity contribution in [3.63, 3.8) is 0 Å². The average molecular weight is 380 g/mol. The van der Waals surface area contributed by atoms with Gasteiger partial charge in [-0.05, 0) is 25.1 Å². The largest absolute Gasteiger partial charge is 0.346 e. The summed E-state index contributed by atoms with van der Waals surface area (Å²) in [6, 6.07) is 3.47. The summed E-state index contributed by atoms with van der Waals surface area (Å²) in [5, 5.41) is 4.02. The molecule has 1 amide bonds. The van der Waals surface area contributed by atoms with Crippen molar-refractivity contribution in [1.29, 1.82) is 0 Å². The predicted octanol–water partition coefficient (Wildman–Crippen LogP) is 3.32. The quantitative estimate of drug-likeness (QED) is 0.825. The number of nitrogens with one attached hydrogen (secondary N) is 1. The van der Waals surface area contributed by atoms with Crippen LogP contribution in [-0.2, 0) is 0 Å². The van der Waals surface area contributed by atoms with Crippen LogP contribution >= 0.6 is 22.9 Å². The van der Waals surface area contributed by atoms with E-state index in [1.54, 1.807) is 29.7 Å². The Balaban J connectivity index is 1.84. The van der Waals surface area contributed by atoms with E-state index in [4.69, 9.17) is 11.6 Å². The Bertz CT molecular complexity index is 755. The van der Waals surface area contributed by atoms with Crippen molar-refractivity contribution in [2.24, 2.45) is 0 Å². The number of halogens is 1. The topological polar surface area (TPSA) is 61.4 Å². The van der Waals surface area contributed by atoms with Crippen molar-refractivity contribution in [2.75, 3.05) is 43.4 Å². The Morgan fingerprint density at radius 3 is 2.68 bits per heavy atom. The van der Waals surface area contributed by atoms with Gasteiger partial charge in [0, 0.05) is 37.3 Å². The van der Waals surface area contributed by atoms with E-state index in [9.17, 15) is 4.79 Å². The summed E-state index contributed by atoms with van der Waals surface area (Å²) in [6.07, 6.45) is 1.59. The first-order valence-electron chi connectivity index (χ1n) is 8.31. The number of likely N-dealkylation sites (N-methyl/N-ethyl adjacent to an activating group) is 1. The number of piperazine rings is 1. The van der Waals surface area contributed by atoms with Gasteiger partial charge in [-0.15, -0.1) is 11.3 Å². The molecule has 2 aromatic heterocycles. The molecule has 134 valence electrons. The normalized spacial score (nSPS) is 15.6. The zero-order valence-electron chi connectivity index (χ0n) is 14.6. The number of carbonyl (C=O) groups excluding carboxylic acids is 1. The molecule has 1 fully saturated rings. The summed E-state index contributed by atoms with van der Waals surface area (Å²) in [5.41, 5.74) is 0.979. The number of carbonyl (C=O) groups is 1. The molecule has 1 saturated heterocycles. The van der Waals surface area contributed by atoms with Crippen LogP contribution in [0.2, 0.25) is 5.15 Å². The fraction of sp³-hybridized carbons (Fsp3) is 0.471. The number of hydrogen-bond acceptors (Lipinski definition) is 6. The highest BCUT2D eigenvalue weighted by molar-refractivity contribution is 7.16. The van der Waals surface area contributed by atoms with Gasteiger partial charge < -0.3 is 15.1 Å². The van der Waals surface area contributed by atoms with E-state index >= 15 is 0 Å². The highest BCUT2D eigenvalue weighted by atomic mass is 35.5. The Kier molecular flexibility index (Phi) is 5.56. The minimum atomic E-state index is -0.241. The molecule has 6 nitrogen and oxygen atoms in total. The molecule has 0 aromatic carbocycles. The number of pyridine rings is 1. The third-order valence-electron chi connectivity index (χ3n) is 4.16. The SMILES string of the molecule is CC(C)c1sc(N2CCN(C)CC2)nc1C(=O)Nc1cccnc1Cl. The molecule has 0 atom stereocenters. The van der Waals surface area contributed by atoms with Crippen LogP contribution in [0.1, 0.15) is 35.1 Å². The highest BCUT2D eigenvalue weighted by Gasteiger charge is 2.25. The van der Waals surface area contributed by atoms with Crippen LogP contribution in [0.4, 0.5) is 10.8 Å². The standard InChI is InChI=1S/C17H22ClN5OS/c1-11(2)14-13(16(24)20-12-5-4-6-19-15(12)18)21-17(25-14)23-9-7-22(3)8-10-23/h4-6,11H,7-10H2,1-3H3,(H,20,24). The number of rotatable bonds is 4. The van der Waals surface area contributed by atoms with Gasteiger partial charge in [0.1, 0.15) is 5.69 Å². The summed E-state index contributed by atoms with van der Waals surface area (Å²) < 4.78 is 0. The second-order valence-corrected chi connectivity index (χ2v) is 7.82. The molecule has 0 spiro atoms. The van der Waals surface area contributed by atoms with Crippen LogP contribution < -0.4 is 10.2 Å². The maximum Gasteiger partial charge on any atom is 0.275 e. The number of hydrogen-bond donors (Lipinski definition) is 1. The summed E-state index contributed by atoms with van der Waals surface area (Å²) in [7, 11) is 2.12. The molecule has 25 heavy (non-hydrogen) atoms. The zero-order valence-corrected chi connectivity index (χ0v) is 16.2. The van der Waals surface area contributed by atoms with Gasteiger partial charge in [0.05, 0.1) is 5.69 Å². The lowest BCUT2D eigenvalue weighted by Gasteiger charge is -2.32. The summed E-state index contributed by atoms with van der Waals surface area (Å²) in [6.45, 7) is 8.02. The fourth-order valence-corrected chi connectivity index (χ4v) is 3.95. The first kappa shape index (κ1) is 18.1. The second-order valence-electron chi connectivity index (χ2n) is 6.45. The van der Waals surface area contributed by atoms with Crippen molar-refractivity contribution < 1.29 is 4.79 Å². The van der Waals surface area contributed by atoms with E-state index in [-0.39, 0.29) is 17.0 Å². The van der Waals surface area contributed by atoms with Crippen molar-refractivity contribution in [3.05, 3.63) is 34.1 Å². The molecular weight excluding hydrogens is 358 g/mol. The summed E-state index contributed by atoms with van der Waals surface area (Å²) in [4.78, 5) is 26.9. The third kappa shape index (κ3) is 4.11. The molecule has 8 heteroatoms. The van der Waals surface area contributed by atoms with E-state index in [1.165, 1.54) is 0 Å². The Morgan fingerprint density at radius 1 is 1.32 bits per heavy atom. The minimum absolute atomic E-state index is 0.226. The van der Waals surface area contributed by atoms with Crippen molar-refractivity contribution in [1.82, 2.24) is 14.9 Å². The van der Waals surface area contributed by atoms with Gasteiger partial charge in [-0.25, -0.2) is 9.97 Å². The molecule has 0 bridgehead atoms. The van der Waals surface area contributed by atoms with Crippen molar-refractivity contribution >= 4 is 39.7 Å². The molecule has 0 saturated carbocycles. The second kappa shape index (κ2) is 7.68. The number of nitrogens with zero attached hydrogens (tertiary/aromatic N) is 4. The molecule has 1 aliphatic heterocycles. The molecule has 3 heterocycles. The van der Waals surface area contributed by atoms with Crippen LogP contribution in [0.25, 0.3) is 0 Å². The van der Waals surface area contributed by atoms with Crippen LogP contribution in [-0.4, -0.2) is 54.0 Å². The first-order chi connectivity index (χ1) is 12.0. The van der Waals surface area contributed by atoms with Crippen LogP contribution in [0.5, 0.6) is 0 Å². The van der Waals surface area contributed by atoms with Crippen LogP contribution in [0.3, 0.4) is 0 Å². The summed E-state index contributed by atoms with van der Waals surface area (Å²) in [5.74, 6) is -0.0148. The van der Waals surface area contributed by atoms with E-state index in [0.717, 1.165) is 36.2 Å². The Morgan fingerprint density at radius 2 is 2.04 bits per heavy atom. The van der Waals surface area contributed by atoms with E-state index in [2.05, 4.69) is 46.0 Å². The Labute approximate surface area is 156 Å². The maximum atomic E-state index is 12.8. The van der Waals surface area contributed by atoms with Gasteiger partial charge in [-0.2, -0.15) is 0 Å². The molecule has 3 rings (SSSR count). The van der Waals surface area contributed by atoms with E-state index in [0.29, 0.717) is 11.4 Å². The lowest BCUT2D eigenvalue weighted by atomic mass is 10.1. The predicted molar refractivity (Wildman–Crippen MR) is 103 cm³/mol. The molecule has 1 aliphatic rings. The van der Waals surface area contributed by atoms with E-state index < -0.39 is 0 Å². The monoisotopic (exact) mass is 379 g/mol. The smallest absolute Gasteiger partial charge is 0.275 e. The fourth-order valence-electron chi connectivity index (χ4n) is 2.67. The zero-order chi connectivity index (χ0) is 18.0.